The molecule has 2 heterocycles. The molecule has 0 unspecified atom stereocenters. The van der Waals surface area contributed by atoms with Crippen molar-refractivity contribution in [2.75, 3.05) is 0 Å². The molecule has 0 aromatic carbocycles. The van der Waals surface area contributed by atoms with Gasteiger partial charge < -0.3 is 9.97 Å². The van der Waals surface area contributed by atoms with E-state index in [1.54, 1.807) is 24.8 Å². The van der Waals surface area contributed by atoms with Crippen LogP contribution in [-0.4, -0.2) is 0 Å². The first kappa shape index (κ1) is 10.1. The summed E-state index contributed by atoms with van der Waals surface area (Å²) in [6.07, 6.45) is 7.00. The third kappa shape index (κ3) is 5.51. The first-order chi connectivity index (χ1) is 5.00. The van der Waals surface area contributed by atoms with Gasteiger partial charge in [-0.1, -0.05) is 24.3 Å². The molecule has 0 N–H and O–H groups in total. The number of aromatic nitrogens is 2. The summed E-state index contributed by atoms with van der Waals surface area (Å²) in [5, 5.41) is 0. The summed E-state index contributed by atoms with van der Waals surface area (Å²) in [4.78, 5) is 7.44. The van der Waals surface area contributed by atoms with Gasteiger partial charge in [-0.05, 0) is 0 Å². The van der Waals surface area contributed by atoms with Crippen molar-refractivity contribution >= 4 is 0 Å². The van der Waals surface area contributed by atoms with Crippen LogP contribution in [0.3, 0.4) is 0 Å². The maximum absolute atomic E-state index is 3.72. The van der Waals surface area contributed by atoms with E-state index in [2.05, 4.69) is 9.97 Å². The van der Waals surface area contributed by atoms with Gasteiger partial charge in [-0.2, -0.15) is 24.8 Å². The largest absolute Gasteiger partial charge is 2.00 e. The fraction of sp³-hybridized carbons (Fsp3) is 0. The van der Waals surface area contributed by atoms with Crippen molar-refractivity contribution in [2.24, 2.45) is 0 Å². The molecule has 0 fully saturated rings. The second-order valence-corrected chi connectivity index (χ2v) is 1.66. The minimum absolute atomic E-state index is 0. The minimum Gasteiger partial charge on any atom is -0.670 e. The van der Waals surface area contributed by atoms with Crippen molar-refractivity contribution in [3.63, 3.8) is 0 Å². The molecule has 59 valence electrons. The molecule has 0 spiro atoms. The molecule has 0 saturated carbocycles. The number of hydrogen-bond acceptors (Lipinski definition) is 0. The van der Waals surface area contributed by atoms with Gasteiger partial charge in [0.05, 0.1) is 0 Å². The molecule has 3 heteroatoms. The molecule has 2 aromatic heterocycles. The molecule has 0 atom stereocenters. The summed E-state index contributed by atoms with van der Waals surface area (Å²) < 4.78 is 0. The fourth-order valence-electron chi connectivity index (χ4n) is 0.497. The Labute approximate surface area is 76.2 Å². The Morgan fingerprint density at radius 3 is 0.909 bits per heavy atom. The topological polar surface area (TPSA) is 28.2 Å². The van der Waals surface area contributed by atoms with Crippen molar-refractivity contribution in [1.29, 1.82) is 0 Å². The molecule has 1 radical (unpaired) electrons. The number of nitrogens with zero attached hydrogens (tertiary/aromatic N) is 2. The Kier molecular flexibility index (Phi) is 6.57. The molecule has 2 aromatic rings. The summed E-state index contributed by atoms with van der Waals surface area (Å²) in [6, 6.07) is 7.56. The van der Waals surface area contributed by atoms with Crippen LogP contribution in [0.4, 0.5) is 0 Å². The predicted octanol–water partition coefficient (Wildman–Crippen LogP) is 1.29. The van der Waals surface area contributed by atoms with E-state index in [4.69, 9.17) is 0 Å². The third-order valence-electron chi connectivity index (χ3n) is 0.911. The van der Waals surface area contributed by atoms with Crippen LogP contribution in [0.2, 0.25) is 0 Å². The first-order valence-corrected chi connectivity index (χ1v) is 3.03. The summed E-state index contributed by atoms with van der Waals surface area (Å²) in [5.41, 5.74) is 0. The molecule has 2 rings (SSSR count). The molecule has 0 aliphatic heterocycles. The zero-order chi connectivity index (χ0) is 7.07. The van der Waals surface area contributed by atoms with Gasteiger partial charge in [0.2, 0.25) is 0 Å². The summed E-state index contributed by atoms with van der Waals surface area (Å²) in [6.45, 7) is 0. The molecule has 0 aliphatic rings. The Morgan fingerprint density at radius 1 is 0.545 bits per heavy atom. The van der Waals surface area contributed by atoms with Crippen molar-refractivity contribution in [1.82, 2.24) is 9.97 Å². The Balaban J connectivity index is 0.000000167. The van der Waals surface area contributed by atoms with Crippen molar-refractivity contribution < 1.29 is 16.8 Å². The van der Waals surface area contributed by atoms with Gasteiger partial charge in [-0.15, -0.1) is 0 Å². The van der Waals surface area contributed by atoms with Gasteiger partial charge in [0.25, 0.3) is 0 Å². The fourth-order valence-corrected chi connectivity index (χ4v) is 0.497. The van der Waals surface area contributed by atoms with Gasteiger partial charge in [0, 0.05) is 0 Å². The van der Waals surface area contributed by atoms with Crippen molar-refractivity contribution in [3.05, 3.63) is 49.1 Å². The second kappa shape index (κ2) is 7.18. The van der Waals surface area contributed by atoms with Gasteiger partial charge >= 0.3 is 16.8 Å². The van der Waals surface area contributed by atoms with Gasteiger partial charge in [-0.3, -0.25) is 0 Å². The van der Waals surface area contributed by atoms with Crippen LogP contribution in [0.1, 0.15) is 0 Å². The molecular weight excluding hydrogens is 183 g/mol. The minimum atomic E-state index is 0. The van der Waals surface area contributed by atoms with E-state index in [0.717, 1.165) is 0 Å². The quantitative estimate of drug-likeness (QED) is 0.627. The van der Waals surface area contributed by atoms with Crippen LogP contribution >= 0.6 is 0 Å². The zero-order valence-corrected chi connectivity index (χ0v) is 6.89. The Hall–Kier alpha value is -0.934. The van der Waals surface area contributed by atoms with Crippen molar-refractivity contribution in [2.45, 2.75) is 0 Å². The van der Waals surface area contributed by atoms with E-state index < -0.39 is 0 Å². The van der Waals surface area contributed by atoms with Gasteiger partial charge in [-0.25, -0.2) is 0 Å². The SMILES string of the molecule is [Co+2].c1cc[n-]c1.c1cc[n-]c1. The van der Waals surface area contributed by atoms with E-state index >= 15 is 0 Å². The maximum Gasteiger partial charge on any atom is 2.00 e. The van der Waals surface area contributed by atoms with Gasteiger partial charge in [0.1, 0.15) is 0 Å². The number of rotatable bonds is 0. The average molecular weight is 191 g/mol. The van der Waals surface area contributed by atoms with Gasteiger partial charge in [0.15, 0.2) is 0 Å². The van der Waals surface area contributed by atoms with Crippen LogP contribution in [-0.2, 0) is 16.8 Å². The smallest absolute Gasteiger partial charge is 0.670 e. The number of hydrogen-bond donors (Lipinski definition) is 0. The molecule has 0 aliphatic carbocycles. The zero-order valence-electron chi connectivity index (χ0n) is 5.85. The normalized spacial score (nSPS) is 7.27. The van der Waals surface area contributed by atoms with E-state index in [1.165, 1.54) is 0 Å². The molecule has 0 amide bonds. The maximum atomic E-state index is 3.72. The van der Waals surface area contributed by atoms with E-state index in [0.29, 0.717) is 0 Å². The standard InChI is InChI=1S/2C4H4N.Co/c2*1-2-4-5-3-1;/h2*1-4H;/q2*-1;+2. The molecule has 0 saturated heterocycles. The van der Waals surface area contributed by atoms with Crippen LogP contribution in [0.15, 0.2) is 49.1 Å². The van der Waals surface area contributed by atoms with Crippen molar-refractivity contribution in [3.8, 4) is 0 Å². The third-order valence-corrected chi connectivity index (χ3v) is 0.911. The molecular formula is C8H8CoN2. The van der Waals surface area contributed by atoms with E-state index in [1.807, 2.05) is 24.3 Å². The monoisotopic (exact) mass is 191 g/mol. The summed E-state index contributed by atoms with van der Waals surface area (Å²) in [7, 11) is 0. The van der Waals surface area contributed by atoms with Crippen LogP contribution < -0.4 is 9.97 Å². The molecule has 2 nitrogen and oxygen atoms in total. The van der Waals surface area contributed by atoms with E-state index in [9.17, 15) is 0 Å². The van der Waals surface area contributed by atoms with Crippen LogP contribution in [0.25, 0.3) is 0 Å². The van der Waals surface area contributed by atoms with E-state index in [-0.39, 0.29) is 16.8 Å². The summed E-state index contributed by atoms with van der Waals surface area (Å²) >= 11 is 0. The first-order valence-electron chi connectivity index (χ1n) is 3.03. The molecule has 0 bridgehead atoms. The molecule has 11 heavy (non-hydrogen) atoms. The predicted molar refractivity (Wildman–Crippen MR) is 39.5 cm³/mol. The Morgan fingerprint density at radius 2 is 0.818 bits per heavy atom. The summed E-state index contributed by atoms with van der Waals surface area (Å²) in [5.74, 6) is 0. The average Bonchev–Trinajstić information content (AvgIpc) is 2.67. The van der Waals surface area contributed by atoms with Crippen LogP contribution in [0.5, 0.6) is 0 Å². The van der Waals surface area contributed by atoms with Crippen LogP contribution in [0, 0.1) is 0 Å². The second-order valence-electron chi connectivity index (χ2n) is 1.66. The Bertz CT molecular complexity index is 151.